The number of nitrogens with one attached hydrogen (secondary N) is 1. The van der Waals surface area contributed by atoms with Gasteiger partial charge in [-0.25, -0.2) is 4.98 Å². The van der Waals surface area contributed by atoms with Crippen molar-refractivity contribution >= 4 is 0 Å². The highest BCUT2D eigenvalue weighted by atomic mass is 16.3. The second kappa shape index (κ2) is 4.13. The van der Waals surface area contributed by atoms with Crippen LogP contribution in [0.4, 0.5) is 0 Å². The molecular formula is C8H14N2O. The van der Waals surface area contributed by atoms with Crippen LogP contribution in [0.25, 0.3) is 0 Å². The standard InChI is InChI=1S/C8H14N2O/c1-2-7(3-6-11)8-9-4-5-10-8/h4-5,7,11H,2-3,6H2,1H3,(H,9,10). The quantitative estimate of drug-likeness (QED) is 0.686. The van der Waals surface area contributed by atoms with Gasteiger partial charge in [0, 0.05) is 24.9 Å². The normalized spacial score (nSPS) is 13.3. The molecule has 0 amide bonds. The van der Waals surface area contributed by atoms with E-state index in [-0.39, 0.29) is 6.61 Å². The number of imidazole rings is 1. The monoisotopic (exact) mass is 154 g/mol. The van der Waals surface area contributed by atoms with Gasteiger partial charge in [0.25, 0.3) is 0 Å². The predicted octanol–water partition coefficient (Wildman–Crippen LogP) is 1.29. The van der Waals surface area contributed by atoms with Crippen LogP contribution in [0.2, 0.25) is 0 Å². The Morgan fingerprint density at radius 2 is 2.55 bits per heavy atom. The van der Waals surface area contributed by atoms with E-state index in [1.165, 1.54) is 0 Å². The zero-order valence-corrected chi connectivity index (χ0v) is 6.75. The Hall–Kier alpha value is -0.830. The van der Waals surface area contributed by atoms with Crippen LogP contribution in [0.5, 0.6) is 0 Å². The van der Waals surface area contributed by atoms with Gasteiger partial charge in [-0.15, -0.1) is 0 Å². The number of hydrogen-bond donors (Lipinski definition) is 2. The van der Waals surface area contributed by atoms with Crippen LogP contribution < -0.4 is 0 Å². The largest absolute Gasteiger partial charge is 0.396 e. The van der Waals surface area contributed by atoms with E-state index in [1.54, 1.807) is 6.20 Å². The molecule has 0 radical (unpaired) electrons. The molecule has 1 unspecified atom stereocenters. The van der Waals surface area contributed by atoms with E-state index in [0.29, 0.717) is 5.92 Å². The van der Waals surface area contributed by atoms with Gasteiger partial charge in [0.05, 0.1) is 0 Å². The summed E-state index contributed by atoms with van der Waals surface area (Å²) in [6.45, 7) is 2.34. The zero-order chi connectivity index (χ0) is 8.10. The predicted molar refractivity (Wildman–Crippen MR) is 43.3 cm³/mol. The van der Waals surface area contributed by atoms with Crippen molar-refractivity contribution in [3.63, 3.8) is 0 Å². The van der Waals surface area contributed by atoms with Crippen molar-refractivity contribution < 1.29 is 5.11 Å². The van der Waals surface area contributed by atoms with Gasteiger partial charge in [-0.2, -0.15) is 0 Å². The molecule has 11 heavy (non-hydrogen) atoms. The molecule has 0 saturated carbocycles. The maximum Gasteiger partial charge on any atom is 0.109 e. The Balaban J connectivity index is 2.56. The van der Waals surface area contributed by atoms with Crippen LogP contribution in [0, 0.1) is 0 Å². The molecule has 1 aromatic heterocycles. The molecule has 1 rings (SSSR count). The van der Waals surface area contributed by atoms with E-state index < -0.39 is 0 Å². The van der Waals surface area contributed by atoms with Crippen molar-refractivity contribution in [3.05, 3.63) is 18.2 Å². The van der Waals surface area contributed by atoms with Crippen LogP contribution in [-0.2, 0) is 0 Å². The van der Waals surface area contributed by atoms with E-state index in [4.69, 9.17) is 5.11 Å². The Morgan fingerprint density at radius 3 is 3.00 bits per heavy atom. The summed E-state index contributed by atoms with van der Waals surface area (Å²) in [6, 6.07) is 0. The minimum atomic E-state index is 0.235. The molecule has 0 spiro atoms. The first kappa shape index (κ1) is 8.27. The average molecular weight is 154 g/mol. The summed E-state index contributed by atoms with van der Waals surface area (Å²) in [4.78, 5) is 7.19. The second-order valence-electron chi connectivity index (χ2n) is 2.59. The number of hydrogen-bond acceptors (Lipinski definition) is 2. The maximum atomic E-state index is 8.72. The van der Waals surface area contributed by atoms with Gasteiger partial charge in [-0.1, -0.05) is 6.92 Å². The van der Waals surface area contributed by atoms with Crippen molar-refractivity contribution in [3.8, 4) is 0 Å². The summed E-state index contributed by atoms with van der Waals surface area (Å²) < 4.78 is 0. The highest BCUT2D eigenvalue weighted by Gasteiger charge is 2.09. The van der Waals surface area contributed by atoms with E-state index in [9.17, 15) is 0 Å². The topological polar surface area (TPSA) is 48.9 Å². The van der Waals surface area contributed by atoms with Gasteiger partial charge >= 0.3 is 0 Å². The fourth-order valence-electron chi connectivity index (χ4n) is 1.19. The van der Waals surface area contributed by atoms with E-state index in [1.807, 2.05) is 6.20 Å². The highest BCUT2D eigenvalue weighted by molar-refractivity contribution is 4.95. The number of H-pyrrole nitrogens is 1. The first-order valence-electron chi connectivity index (χ1n) is 3.98. The molecule has 1 heterocycles. The molecule has 0 aliphatic carbocycles. The number of aliphatic hydroxyl groups is 1. The third kappa shape index (κ3) is 2.05. The molecule has 0 aliphatic heterocycles. The Kier molecular flexibility index (Phi) is 3.11. The fourth-order valence-corrected chi connectivity index (χ4v) is 1.19. The van der Waals surface area contributed by atoms with Crippen LogP contribution in [-0.4, -0.2) is 21.7 Å². The molecule has 0 fully saturated rings. The summed E-state index contributed by atoms with van der Waals surface area (Å²) in [6.07, 6.45) is 5.38. The average Bonchev–Trinajstić information content (AvgIpc) is 2.52. The van der Waals surface area contributed by atoms with Crippen molar-refractivity contribution in [2.24, 2.45) is 0 Å². The summed E-state index contributed by atoms with van der Waals surface area (Å²) in [5.74, 6) is 1.37. The van der Waals surface area contributed by atoms with Crippen molar-refractivity contribution in [2.75, 3.05) is 6.61 Å². The second-order valence-corrected chi connectivity index (χ2v) is 2.59. The van der Waals surface area contributed by atoms with Gasteiger partial charge in [0.1, 0.15) is 5.82 Å². The van der Waals surface area contributed by atoms with Crippen molar-refractivity contribution in [1.82, 2.24) is 9.97 Å². The Morgan fingerprint density at radius 1 is 1.73 bits per heavy atom. The van der Waals surface area contributed by atoms with Gasteiger partial charge in [-0.05, 0) is 12.8 Å². The summed E-state index contributed by atoms with van der Waals surface area (Å²) in [7, 11) is 0. The molecular weight excluding hydrogens is 140 g/mol. The van der Waals surface area contributed by atoms with Gasteiger partial charge in [0.2, 0.25) is 0 Å². The number of aromatic nitrogens is 2. The summed E-state index contributed by atoms with van der Waals surface area (Å²) in [5.41, 5.74) is 0. The Bertz CT molecular complexity index is 184. The lowest BCUT2D eigenvalue weighted by Crippen LogP contribution is -2.01. The summed E-state index contributed by atoms with van der Waals surface area (Å²) >= 11 is 0. The lowest BCUT2D eigenvalue weighted by atomic mass is 10.0. The number of rotatable bonds is 4. The van der Waals surface area contributed by atoms with Gasteiger partial charge < -0.3 is 10.1 Å². The molecule has 1 aromatic rings. The third-order valence-electron chi connectivity index (χ3n) is 1.88. The number of aliphatic hydroxyl groups excluding tert-OH is 1. The van der Waals surface area contributed by atoms with Gasteiger partial charge in [0.15, 0.2) is 0 Å². The third-order valence-corrected chi connectivity index (χ3v) is 1.88. The SMILES string of the molecule is CCC(CCO)c1ncc[nH]1. The van der Waals surface area contributed by atoms with E-state index in [2.05, 4.69) is 16.9 Å². The number of aromatic amines is 1. The highest BCUT2D eigenvalue weighted by Crippen LogP contribution is 2.18. The molecule has 0 aliphatic rings. The fraction of sp³-hybridized carbons (Fsp3) is 0.625. The lowest BCUT2D eigenvalue weighted by Gasteiger charge is -2.08. The number of nitrogens with zero attached hydrogens (tertiary/aromatic N) is 1. The maximum absolute atomic E-state index is 8.72. The van der Waals surface area contributed by atoms with Gasteiger partial charge in [-0.3, -0.25) is 0 Å². The zero-order valence-electron chi connectivity index (χ0n) is 6.75. The minimum absolute atomic E-state index is 0.235. The molecule has 0 saturated heterocycles. The van der Waals surface area contributed by atoms with Crippen LogP contribution in [0.1, 0.15) is 31.5 Å². The van der Waals surface area contributed by atoms with E-state index >= 15 is 0 Å². The molecule has 3 nitrogen and oxygen atoms in total. The van der Waals surface area contributed by atoms with E-state index in [0.717, 1.165) is 18.7 Å². The lowest BCUT2D eigenvalue weighted by molar-refractivity contribution is 0.272. The molecule has 0 bridgehead atoms. The minimum Gasteiger partial charge on any atom is -0.396 e. The van der Waals surface area contributed by atoms with Crippen molar-refractivity contribution in [1.29, 1.82) is 0 Å². The van der Waals surface area contributed by atoms with Crippen LogP contribution in [0.15, 0.2) is 12.4 Å². The Labute approximate surface area is 66.5 Å². The molecule has 1 atom stereocenters. The first-order chi connectivity index (χ1) is 5.38. The van der Waals surface area contributed by atoms with Crippen LogP contribution in [0.3, 0.4) is 0 Å². The first-order valence-corrected chi connectivity index (χ1v) is 3.98. The smallest absolute Gasteiger partial charge is 0.109 e. The summed E-state index contributed by atoms with van der Waals surface area (Å²) in [5, 5.41) is 8.72. The molecule has 0 aromatic carbocycles. The molecule has 3 heteroatoms. The van der Waals surface area contributed by atoms with Crippen molar-refractivity contribution in [2.45, 2.75) is 25.7 Å². The molecule has 62 valence electrons. The van der Waals surface area contributed by atoms with Crippen LogP contribution >= 0.6 is 0 Å². The molecule has 2 N–H and O–H groups in total.